The maximum Gasteiger partial charge on any atom is 0.312 e. The fourth-order valence-electron chi connectivity index (χ4n) is 3.16. The van der Waals surface area contributed by atoms with Gasteiger partial charge in [-0.3, -0.25) is 19.2 Å². The van der Waals surface area contributed by atoms with Gasteiger partial charge in [0.25, 0.3) is 5.91 Å². The van der Waals surface area contributed by atoms with Gasteiger partial charge >= 0.3 is 11.8 Å². The van der Waals surface area contributed by atoms with Gasteiger partial charge in [0.1, 0.15) is 5.82 Å². The molecule has 150 valence electrons. The number of primary amides is 1. The van der Waals surface area contributed by atoms with Gasteiger partial charge in [0.05, 0.1) is 13.2 Å². The van der Waals surface area contributed by atoms with E-state index in [0.29, 0.717) is 5.56 Å². The highest BCUT2D eigenvalue weighted by molar-refractivity contribution is 6.35. The molecule has 2 fully saturated rings. The Morgan fingerprint density at radius 2 is 1.46 bits per heavy atom. The summed E-state index contributed by atoms with van der Waals surface area (Å²) in [6.07, 6.45) is -0.921. The highest BCUT2D eigenvalue weighted by Gasteiger charge is 2.34. The summed E-state index contributed by atoms with van der Waals surface area (Å²) in [5, 5.41) is 0. The van der Waals surface area contributed by atoms with Crippen molar-refractivity contribution in [3.63, 3.8) is 0 Å². The van der Waals surface area contributed by atoms with E-state index < -0.39 is 29.6 Å². The Balaban J connectivity index is 1.54. The van der Waals surface area contributed by atoms with Crippen molar-refractivity contribution in [3.8, 4) is 0 Å². The summed E-state index contributed by atoms with van der Waals surface area (Å²) in [5.41, 5.74) is 5.56. The average molecular weight is 392 g/mol. The van der Waals surface area contributed by atoms with E-state index in [9.17, 15) is 23.6 Å². The lowest BCUT2D eigenvalue weighted by Crippen LogP contribution is -2.57. The Kier molecular flexibility index (Phi) is 5.88. The number of carbonyl (C=O) groups excluding carboxylic acids is 4. The number of benzene rings is 1. The Hall–Kier alpha value is -3.01. The molecule has 0 radical (unpaired) electrons. The predicted molar refractivity (Wildman–Crippen MR) is 94.4 cm³/mol. The predicted octanol–water partition coefficient (Wildman–Crippen LogP) is -1.18. The first-order chi connectivity index (χ1) is 13.4. The number of halogens is 1. The fourth-order valence-corrected chi connectivity index (χ4v) is 3.16. The summed E-state index contributed by atoms with van der Waals surface area (Å²) in [6.45, 7) is 1.24. The van der Waals surface area contributed by atoms with Crippen LogP contribution in [0.5, 0.6) is 0 Å². The topological polar surface area (TPSA) is 113 Å². The molecule has 2 heterocycles. The molecule has 0 bridgehead atoms. The smallest absolute Gasteiger partial charge is 0.312 e. The van der Waals surface area contributed by atoms with Crippen molar-refractivity contribution >= 4 is 23.6 Å². The van der Waals surface area contributed by atoms with Crippen molar-refractivity contribution in [3.05, 3.63) is 35.6 Å². The molecule has 0 aromatic heterocycles. The lowest BCUT2D eigenvalue weighted by molar-refractivity contribution is -0.158. The molecule has 10 heteroatoms. The largest absolute Gasteiger partial charge is 0.367 e. The van der Waals surface area contributed by atoms with Gasteiger partial charge in [-0.15, -0.1) is 0 Å². The Bertz CT molecular complexity index is 777. The summed E-state index contributed by atoms with van der Waals surface area (Å²) < 4.78 is 18.2. The third kappa shape index (κ3) is 4.28. The van der Waals surface area contributed by atoms with Crippen LogP contribution >= 0.6 is 0 Å². The lowest BCUT2D eigenvalue weighted by Gasteiger charge is -2.36. The number of amides is 4. The van der Waals surface area contributed by atoms with E-state index in [4.69, 9.17) is 10.5 Å². The molecule has 1 aromatic rings. The number of piperazine rings is 1. The van der Waals surface area contributed by atoms with Crippen molar-refractivity contribution in [2.75, 3.05) is 45.9 Å². The minimum atomic E-state index is -0.921. The summed E-state index contributed by atoms with van der Waals surface area (Å²) in [6, 6.07) is 5.25. The van der Waals surface area contributed by atoms with Crippen molar-refractivity contribution in [2.24, 2.45) is 5.73 Å². The van der Waals surface area contributed by atoms with Crippen LogP contribution in [0.4, 0.5) is 4.39 Å². The molecule has 2 aliphatic heterocycles. The van der Waals surface area contributed by atoms with E-state index in [1.54, 1.807) is 4.90 Å². The first-order valence-electron chi connectivity index (χ1n) is 8.91. The van der Waals surface area contributed by atoms with Crippen LogP contribution < -0.4 is 5.73 Å². The molecule has 4 amide bonds. The highest BCUT2D eigenvalue weighted by atomic mass is 19.1. The van der Waals surface area contributed by atoms with E-state index in [1.165, 1.54) is 34.1 Å². The second-order valence-corrected chi connectivity index (χ2v) is 6.60. The minimum Gasteiger partial charge on any atom is -0.367 e. The van der Waals surface area contributed by atoms with E-state index in [2.05, 4.69) is 0 Å². The van der Waals surface area contributed by atoms with Gasteiger partial charge in [-0.25, -0.2) is 4.39 Å². The fraction of sp³-hybridized carbons (Fsp3) is 0.444. The summed E-state index contributed by atoms with van der Waals surface area (Å²) in [4.78, 5) is 52.8. The SMILES string of the molecule is NC(=O)C1CN(C(=O)C(=O)N2CCN(C(=O)c3ccc(F)cc3)CC2)CCO1. The van der Waals surface area contributed by atoms with Gasteiger partial charge in [0.15, 0.2) is 6.10 Å². The van der Waals surface area contributed by atoms with Crippen molar-refractivity contribution in [1.82, 2.24) is 14.7 Å². The first-order valence-corrected chi connectivity index (χ1v) is 8.91. The van der Waals surface area contributed by atoms with Crippen LogP contribution in [0.3, 0.4) is 0 Å². The number of ether oxygens (including phenoxy) is 1. The summed E-state index contributed by atoms with van der Waals surface area (Å²) in [5.74, 6) is -2.76. The van der Waals surface area contributed by atoms with E-state index >= 15 is 0 Å². The zero-order valence-corrected chi connectivity index (χ0v) is 15.2. The molecule has 3 rings (SSSR count). The van der Waals surface area contributed by atoms with E-state index in [1.807, 2.05) is 0 Å². The molecule has 1 atom stereocenters. The number of morpholine rings is 1. The Morgan fingerprint density at radius 3 is 2.07 bits per heavy atom. The van der Waals surface area contributed by atoms with Gasteiger partial charge in [-0.05, 0) is 24.3 Å². The maximum absolute atomic E-state index is 13.0. The molecule has 0 saturated carbocycles. The molecule has 1 aromatic carbocycles. The Labute approximate surface area is 160 Å². The normalized spacial score (nSPS) is 20.0. The highest BCUT2D eigenvalue weighted by Crippen LogP contribution is 2.12. The van der Waals surface area contributed by atoms with Gasteiger partial charge in [0.2, 0.25) is 5.91 Å². The molecular weight excluding hydrogens is 371 g/mol. The quantitative estimate of drug-likeness (QED) is 0.637. The van der Waals surface area contributed by atoms with Crippen molar-refractivity contribution < 1.29 is 28.3 Å². The molecule has 2 saturated heterocycles. The van der Waals surface area contributed by atoms with Gasteiger partial charge in [-0.2, -0.15) is 0 Å². The van der Waals surface area contributed by atoms with Crippen LogP contribution in [0.25, 0.3) is 0 Å². The molecule has 28 heavy (non-hydrogen) atoms. The monoisotopic (exact) mass is 392 g/mol. The molecule has 9 nitrogen and oxygen atoms in total. The van der Waals surface area contributed by atoms with Crippen LogP contribution in [0.2, 0.25) is 0 Å². The molecule has 2 aliphatic rings. The summed E-state index contributed by atoms with van der Waals surface area (Å²) >= 11 is 0. The second-order valence-electron chi connectivity index (χ2n) is 6.60. The zero-order chi connectivity index (χ0) is 20.3. The number of nitrogens with two attached hydrogens (primary N) is 1. The standard InChI is InChI=1S/C18H21FN4O5/c19-13-3-1-12(2-4-13)16(25)21-5-7-22(8-6-21)17(26)18(27)23-9-10-28-14(11-23)15(20)24/h1-4,14H,5-11H2,(H2,20,24). The number of hydrogen-bond donors (Lipinski definition) is 1. The van der Waals surface area contributed by atoms with Crippen molar-refractivity contribution in [2.45, 2.75) is 6.10 Å². The van der Waals surface area contributed by atoms with E-state index in [0.717, 1.165) is 0 Å². The average Bonchev–Trinajstić information content (AvgIpc) is 2.73. The van der Waals surface area contributed by atoms with Crippen molar-refractivity contribution in [1.29, 1.82) is 0 Å². The van der Waals surface area contributed by atoms with Crippen LogP contribution in [0, 0.1) is 5.82 Å². The number of rotatable bonds is 2. The van der Waals surface area contributed by atoms with Crippen LogP contribution in [0.15, 0.2) is 24.3 Å². The molecule has 0 aliphatic carbocycles. The van der Waals surface area contributed by atoms with Crippen LogP contribution in [-0.2, 0) is 19.1 Å². The molecule has 0 spiro atoms. The molecule has 2 N–H and O–H groups in total. The number of hydrogen-bond acceptors (Lipinski definition) is 5. The third-order valence-electron chi connectivity index (χ3n) is 4.80. The van der Waals surface area contributed by atoms with Crippen LogP contribution in [-0.4, -0.2) is 90.3 Å². The van der Waals surface area contributed by atoms with E-state index in [-0.39, 0.29) is 51.8 Å². The second kappa shape index (κ2) is 8.34. The third-order valence-corrected chi connectivity index (χ3v) is 4.80. The van der Waals surface area contributed by atoms with Gasteiger partial charge in [0, 0.05) is 38.3 Å². The molecular formula is C18H21FN4O5. The number of nitrogens with zero attached hydrogens (tertiary/aromatic N) is 3. The maximum atomic E-state index is 13.0. The minimum absolute atomic E-state index is 0.0527. The molecule has 1 unspecified atom stereocenters. The first kappa shape index (κ1) is 19.7. The van der Waals surface area contributed by atoms with Crippen LogP contribution in [0.1, 0.15) is 10.4 Å². The Morgan fingerprint density at radius 1 is 0.893 bits per heavy atom. The number of carbonyl (C=O) groups is 4. The summed E-state index contributed by atoms with van der Waals surface area (Å²) in [7, 11) is 0. The lowest BCUT2D eigenvalue weighted by atomic mass is 10.1. The van der Waals surface area contributed by atoms with Gasteiger partial charge in [-0.1, -0.05) is 0 Å². The van der Waals surface area contributed by atoms with Gasteiger partial charge < -0.3 is 25.2 Å². The zero-order valence-electron chi connectivity index (χ0n) is 15.2.